The smallest absolute Gasteiger partial charge is 0.207 e. The molecule has 1 aromatic rings. The molecular weight excluding hydrogens is 246 g/mol. The van der Waals surface area contributed by atoms with E-state index in [2.05, 4.69) is 20.8 Å². The molecule has 1 aliphatic heterocycles. The highest BCUT2D eigenvalue weighted by Crippen LogP contribution is 2.25. The molecule has 0 aliphatic carbocycles. The minimum atomic E-state index is -3.28. The van der Waals surface area contributed by atoms with Crippen molar-refractivity contribution in [3.05, 3.63) is 29.8 Å². The zero-order chi connectivity index (χ0) is 13.3. The van der Waals surface area contributed by atoms with Crippen molar-refractivity contribution in [2.45, 2.75) is 38.0 Å². The van der Waals surface area contributed by atoms with Gasteiger partial charge >= 0.3 is 0 Å². The van der Waals surface area contributed by atoms with E-state index in [1.54, 1.807) is 16.4 Å². The summed E-state index contributed by atoms with van der Waals surface area (Å²) in [5, 5.41) is 0. The minimum Gasteiger partial charge on any atom is -0.207 e. The molecule has 3 nitrogen and oxygen atoms in total. The topological polar surface area (TPSA) is 37.4 Å². The number of benzene rings is 1. The minimum absolute atomic E-state index is 0.418. The summed E-state index contributed by atoms with van der Waals surface area (Å²) in [6.45, 7) is 7.60. The molecule has 0 N–H and O–H groups in total. The van der Waals surface area contributed by atoms with E-state index in [0.29, 0.717) is 29.8 Å². The highest BCUT2D eigenvalue weighted by molar-refractivity contribution is 7.89. The van der Waals surface area contributed by atoms with Crippen molar-refractivity contribution in [2.24, 2.45) is 5.92 Å². The summed E-state index contributed by atoms with van der Waals surface area (Å²) in [6, 6.07) is 7.29. The summed E-state index contributed by atoms with van der Waals surface area (Å²) in [5.74, 6) is 0.892. The Morgan fingerprint density at radius 3 is 2.28 bits per heavy atom. The van der Waals surface area contributed by atoms with Gasteiger partial charge in [0.05, 0.1) is 4.90 Å². The average Bonchev–Trinajstić information content (AvgIpc) is 2.76. The van der Waals surface area contributed by atoms with Crippen molar-refractivity contribution in [1.82, 2.24) is 4.31 Å². The number of sulfonamides is 1. The quantitative estimate of drug-likeness (QED) is 0.844. The maximum atomic E-state index is 12.4. The van der Waals surface area contributed by atoms with E-state index >= 15 is 0 Å². The van der Waals surface area contributed by atoms with Gasteiger partial charge in [0.25, 0.3) is 0 Å². The Morgan fingerprint density at radius 1 is 1.22 bits per heavy atom. The normalized spacial score (nSPS) is 21.7. The molecule has 0 amide bonds. The number of hydrogen-bond donors (Lipinski definition) is 0. The molecule has 1 saturated heterocycles. The van der Waals surface area contributed by atoms with E-state index in [1.807, 2.05) is 12.1 Å². The van der Waals surface area contributed by atoms with E-state index in [4.69, 9.17) is 0 Å². The van der Waals surface area contributed by atoms with E-state index in [9.17, 15) is 8.42 Å². The fraction of sp³-hybridized carbons (Fsp3) is 0.571. The molecule has 0 bridgehead atoms. The van der Waals surface area contributed by atoms with Crippen LogP contribution in [0.3, 0.4) is 0 Å². The first-order valence-electron chi connectivity index (χ1n) is 6.51. The second-order valence-electron chi connectivity index (χ2n) is 5.48. The Bertz CT molecular complexity index is 505. The largest absolute Gasteiger partial charge is 0.243 e. The van der Waals surface area contributed by atoms with E-state index in [1.165, 1.54) is 5.56 Å². The fourth-order valence-corrected chi connectivity index (χ4v) is 3.86. The Labute approximate surface area is 110 Å². The van der Waals surface area contributed by atoms with Crippen LogP contribution in [0.2, 0.25) is 0 Å². The van der Waals surface area contributed by atoms with Crippen LogP contribution in [0.4, 0.5) is 0 Å². The van der Waals surface area contributed by atoms with Gasteiger partial charge in [-0.1, -0.05) is 32.9 Å². The average molecular weight is 267 g/mol. The summed E-state index contributed by atoms with van der Waals surface area (Å²) in [7, 11) is -3.28. The summed E-state index contributed by atoms with van der Waals surface area (Å²) in [4.78, 5) is 0.418. The van der Waals surface area contributed by atoms with Crippen LogP contribution in [0.25, 0.3) is 0 Å². The predicted molar refractivity (Wildman–Crippen MR) is 73.1 cm³/mol. The second kappa shape index (κ2) is 5.02. The van der Waals surface area contributed by atoms with Gasteiger partial charge in [-0.05, 0) is 36.0 Å². The molecule has 1 atom stereocenters. The molecule has 100 valence electrons. The lowest BCUT2D eigenvalue weighted by Crippen LogP contribution is -2.28. The maximum Gasteiger partial charge on any atom is 0.243 e. The van der Waals surface area contributed by atoms with Gasteiger partial charge < -0.3 is 0 Å². The molecule has 1 aliphatic rings. The lowest BCUT2D eigenvalue weighted by Gasteiger charge is -2.16. The molecule has 1 fully saturated rings. The van der Waals surface area contributed by atoms with Crippen molar-refractivity contribution >= 4 is 10.0 Å². The van der Waals surface area contributed by atoms with E-state index in [0.717, 1.165) is 6.42 Å². The Balaban J connectivity index is 2.25. The van der Waals surface area contributed by atoms with Gasteiger partial charge in [-0.25, -0.2) is 8.42 Å². The van der Waals surface area contributed by atoms with Gasteiger partial charge in [0, 0.05) is 13.1 Å². The highest BCUT2D eigenvalue weighted by atomic mass is 32.2. The molecule has 0 spiro atoms. The summed E-state index contributed by atoms with van der Waals surface area (Å²) in [5.41, 5.74) is 1.17. The first-order chi connectivity index (χ1) is 8.41. The molecular formula is C14H21NO2S. The zero-order valence-corrected chi connectivity index (χ0v) is 12.1. The fourth-order valence-electron chi connectivity index (χ4n) is 2.29. The third-order valence-electron chi connectivity index (χ3n) is 3.57. The van der Waals surface area contributed by atoms with E-state index < -0.39 is 10.0 Å². The van der Waals surface area contributed by atoms with Crippen molar-refractivity contribution in [3.63, 3.8) is 0 Å². The van der Waals surface area contributed by atoms with Crippen LogP contribution in [0.1, 0.15) is 38.7 Å². The Morgan fingerprint density at radius 2 is 1.83 bits per heavy atom. The number of hydrogen-bond acceptors (Lipinski definition) is 2. The summed E-state index contributed by atoms with van der Waals surface area (Å²) >= 11 is 0. The maximum absolute atomic E-state index is 12.4. The number of rotatable bonds is 3. The van der Waals surface area contributed by atoms with Gasteiger partial charge in [0.15, 0.2) is 0 Å². The molecule has 0 aromatic heterocycles. The number of nitrogens with zero attached hydrogens (tertiary/aromatic N) is 1. The van der Waals surface area contributed by atoms with Crippen molar-refractivity contribution in [3.8, 4) is 0 Å². The molecule has 1 unspecified atom stereocenters. The van der Waals surface area contributed by atoms with Gasteiger partial charge in [-0.3, -0.25) is 0 Å². The molecule has 0 radical (unpaired) electrons. The zero-order valence-electron chi connectivity index (χ0n) is 11.3. The van der Waals surface area contributed by atoms with E-state index in [-0.39, 0.29) is 0 Å². The van der Waals surface area contributed by atoms with Crippen molar-refractivity contribution in [1.29, 1.82) is 0 Å². The van der Waals surface area contributed by atoms with Crippen LogP contribution in [0, 0.1) is 5.92 Å². The Hall–Kier alpha value is -0.870. The van der Waals surface area contributed by atoms with Crippen LogP contribution >= 0.6 is 0 Å². The molecule has 2 rings (SSSR count). The lowest BCUT2D eigenvalue weighted by molar-refractivity contribution is 0.464. The van der Waals surface area contributed by atoms with Crippen LogP contribution in [-0.2, 0) is 10.0 Å². The lowest BCUT2D eigenvalue weighted by atomic mass is 10.0. The van der Waals surface area contributed by atoms with Crippen molar-refractivity contribution < 1.29 is 8.42 Å². The summed E-state index contributed by atoms with van der Waals surface area (Å²) < 4.78 is 26.4. The van der Waals surface area contributed by atoms with Gasteiger partial charge in [-0.2, -0.15) is 4.31 Å². The van der Waals surface area contributed by atoms with Crippen molar-refractivity contribution in [2.75, 3.05) is 13.1 Å². The summed E-state index contributed by atoms with van der Waals surface area (Å²) in [6.07, 6.45) is 0.962. The molecule has 18 heavy (non-hydrogen) atoms. The standard InChI is InChI=1S/C14H21NO2S/c1-11(2)13-4-6-14(7-5-13)18(16,17)15-9-8-12(3)10-15/h4-7,11-12H,8-10H2,1-3H3. The monoisotopic (exact) mass is 267 g/mol. The Kier molecular flexibility index (Phi) is 3.78. The first kappa shape index (κ1) is 13.6. The van der Waals surface area contributed by atoms with Gasteiger partial charge in [-0.15, -0.1) is 0 Å². The molecule has 0 saturated carbocycles. The van der Waals surface area contributed by atoms with Crippen LogP contribution in [0.5, 0.6) is 0 Å². The molecule has 4 heteroatoms. The molecule has 1 aromatic carbocycles. The van der Waals surface area contributed by atoms with Crippen LogP contribution in [-0.4, -0.2) is 25.8 Å². The highest BCUT2D eigenvalue weighted by Gasteiger charge is 2.30. The first-order valence-corrected chi connectivity index (χ1v) is 7.95. The van der Waals surface area contributed by atoms with Gasteiger partial charge in [0.1, 0.15) is 0 Å². The third-order valence-corrected chi connectivity index (χ3v) is 5.45. The van der Waals surface area contributed by atoms with Gasteiger partial charge in [0.2, 0.25) is 10.0 Å². The molecule has 1 heterocycles. The second-order valence-corrected chi connectivity index (χ2v) is 7.42. The SMILES string of the molecule is CC1CCN(S(=O)(=O)c2ccc(C(C)C)cc2)C1. The predicted octanol–water partition coefficient (Wildman–Crippen LogP) is 2.84. The van der Waals surface area contributed by atoms with Crippen LogP contribution in [0.15, 0.2) is 29.2 Å². The van der Waals surface area contributed by atoms with Crippen LogP contribution < -0.4 is 0 Å². The third kappa shape index (κ3) is 2.59.